The summed E-state index contributed by atoms with van der Waals surface area (Å²) in [5, 5.41) is 14.0. The smallest absolute Gasteiger partial charge is 0.337 e. The van der Waals surface area contributed by atoms with Crippen LogP contribution in [-0.2, 0) is 0 Å². The first kappa shape index (κ1) is 14.9. The molecular formula is C13H12FN3O3S. The number of nitrogens with zero attached hydrogens (tertiary/aromatic N) is 1. The molecule has 0 saturated heterocycles. The van der Waals surface area contributed by atoms with E-state index in [0.29, 0.717) is 5.13 Å². The zero-order valence-corrected chi connectivity index (χ0v) is 12.0. The van der Waals surface area contributed by atoms with E-state index in [1.54, 1.807) is 6.92 Å². The summed E-state index contributed by atoms with van der Waals surface area (Å²) < 4.78 is 13.7. The molecule has 21 heavy (non-hydrogen) atoms. The molecule has 3 N–H and O–H groups in total. The fraction of sp³-hybridized carbons (Fsp3) is 0.154. The van der Waals surface area contributed by atoms with Gasteiger partial charge in [0.05, 0.1) is 16.9 Å². The van der Waals surface area contributed by atoms with E-state index in [1.807, 2.05) is 6.92 Å². The minimum Gasteiger partial charge on any atom is -0.478 e. The van der Waals surface area contributed by atoms with E-state index >= 15 is 0 Å². The van der Waals surface area contributed by atoms with Gasteiger partial charge in [0, 0.05) is 4.88 Å². The highest BCUT2D eigenvalue weighted by molar-refractivity contribution is 7.15. The third-order valence-corrected chi connectivity index (χ3v) is 3.72. The van der Waals surface area contributed by atoms with Crippen LogP contribution in [0, 0.1) is 19.7 Å². The number of anilines is 2. The first-order chi connectivity index (χ1) is 9.88. The molecule has 0 radical (unpaired) electrons. The number of carboxylic acids is 1. The van der Waals surface area contributed by atoms with E-state index in [9.17, 15) is 14.0 Å². The van der Waals surface area contributed by atoms with Crippen LogP contribution in [0.25, 0.3) is 0 Å². The van der Waals surface area contributed by atoms with Gasteiger partial charge < -0.3 is 10.4 Å². The molecule has 0 atom stereocenters. The van der Waals surface area contributed by atoms with Gasteiger partial charge in [-0.1, -0.05) is 6.07 Å². The zero-order chi connectivity index (χ0) is 15.6. The molecule has 0 fully saturated rings. The van der Waals surface area contributed by atoms with Crippen molar-refractivity contribution >= 4 is 34.2 Å². The fourth-order valence-corrected chi connectivity index (χ4v) is 2.41. The predicted molar refractivity (Wildman–Crippen MR) is 77.6 cm³/mol. The Labute approximate surface area is 123 Å². The van der Waals surface area contributed by atoms with Crippen LogP contribution in [0.15, 0.2) is 18.2 Å². The van der Waals surface area contributed by atoms with Crippen LogP contribution in [0.3, 0.4) is 0 Å². The zero-order valence-electron chi connectivity index (χ0n) is 11.2. The lowest BCUT2D eigenvalue weighted by Gasteiger charge is -2.09. The van der Waals surface area contributed by atoms with Gasteiger partial charge in [0.2, 0.25) is 0 Å². The summed E-state index contributed by atoms with van der Waals surface area (Å²) in [4.78, 5) is 27.9. The highest BCUT2D eigenvalue weighted by Crippen LogP contribution is 2.23. The largest absolute Gasteiger partial charge is 0.478 e. The van der Waals surface area contributed by atoms with E-state index in [4.69, 9.17) is 5.11 Å². The van der Waals surface area contributed by atoms with E-state index in [0.717, 1.165) is 16.6 Å². The number of nitrogens with one attached hydrogen (secondary N) is 2. The summed E-state index contributed by atoms with van der Waals surface area (Å²) in [6.45, 7) is 3.66. The second kappa shape index (κ2) is 5.88. The van der Waals surface area contributed by atoms with Crippen molar-refractivity contribution in [1.29, 1.82) is 0 Å². The van der Waals surface area contributed by atoms with Crippen molar-refractivity contribution in [3.63, 3.8) is 0 Å². The molecule has 1 aromatic heterocycles. The number of halogens is 1. The van der Waals surface area contributed by atoms with Gasteiger partial charge in [-0.15, -0.1) is 11.3 Å². The van der Waals surface area contributed by atoms with Crippen LogP contribution in [-0.4, -0.2) is 22.1 Å². The molecule has 2 amide bonds. The molecule has 110 valence electrons. The lowest BCUT2D eigenvalue weighted by Crippen LogP contribution is -2.21. The first-order valence-electron chi connectivity index (χ1n) is 5.92. The van der Waals surface area contributed by atoms with Gasteiger partial charge >= 0.3 is 12.0 Å². The molecule has 2 rings (SSSR count). The molecule has 0 saturated carbocycles. The van der Waals surface area contributed by atoms with Crippen molar-refractivity contribution in [2.45, 2.75) is 13.8 Å². The number of aromatic carboxylic acids is 1. The Morgan fingerprint density at radius 1 is 1.29 bits per heavy atom. The quantitative estimate of drug-likeness (QED) is 0.811. The molecule has 2 aromatic rings. The van der Waals surface area contributed by atoms with Crippen LogP contribution >= 0.6 is 11.3 Å². The number of aromatic nitrogens is 1. The van der Waals surface area contributed by atoms with Gasteiger partial charge in [0.25, 0.3) is 0 Å². The summed E-state index contributed by atoms with van der Waals surface area (Å²) in [6, 6.07) is 2.78. The lowest BCUT2D eigenvalue weighted by molar-refractivity contribution is 0.0697. The van der Waals surface area contributed by atoms with Crippen LogP contribution in [0.2, 0.25) is 0 Å². The number of rotatable bonds is 3. The highest BCUT2D eigenvalue weighted by atomic mass is 32.1. The van der Waals surface area contributed by atoms with Crippen molar-refractivity contribution in [3.05, 3.63) is 40.2 Å². The number of carbonyl (C=O) groups excluding carboxylic acids is 1. The van der Waals surface area contributed by atoms with Crippen molar-refractivity contribution in [2.24, 2.45) is 0 Å². The highest BCUT2D eigenvalue weighted by Gasteiger charge is 2.17. The fourth-order valence-electron chi connectivity index (χ4n) is 1.60. The van der Waals surface area contributed by atoms with Gasteiger partial charge in [-0.2, -0.15) is 0 Å². The molecule has 8 heteroatoms. The number of benzene rings is 1. The van der Waals surface area contributed by atoms with E-state index in [1.165, 1.54) is 23.5 Å². The molecular weight excluding hydrogens is 297 g/mol. The Morgan fingerprint density at radius 2 is 2.00 bits per heavy atom. The number of para-hydroxylation sites is 1. The number of aryl methyl sites for hydroxylation is 2. The van der Waals surface area contributed by atoms with Crippen molar-refractivity contribution in [2.75, 3.05) is 10.6 Å². The van der Waals surface area contributed by atoms with Crippen molar-refractivity contribution < 1.29 is 19.1 Å². The van der Waals surface area contributed by atoms with E-state index in [2.05, 4.69) is 15.6 Å². The summed E-state index contributed by atoms with van der Waals surface area (Å²) >= 11 is 1.27. The molecule has 0 aliphatic rings. The van der Waals surface area contributed by atoms with Gasteiger partial charge in [-0.05, 0) is 26.0 Å². The van der Waals surface area contributed by atoms with Crippen LogP contribution < -0.4 is 10.6 Å². The maximum absolute atomic E-state index is 13.7. The summed E-state index contributed by atoms with van der Waals surface area (Å²) in [5.41, 5.74) is 0.0802. The van der Waals surface area contributed by atoms with E-state index in [-0.39, 0.29) is 11.3 Å². The summed E-state index contributed by atoms with van der Waals surface area (Å²) in [5.74, 6) is -2.15. The Balaban J connectivity index is 2.18. The lowest BCUT2D eigenvalue weighted by atomic mass is 10.1. The Morgan fingerprint density at radius 3 is 2.57 bits per heavy atom. The number of urea groups is 1. The molecule has 0 aliphatic heterocycles. The van der Waals surface area contributed by atoms with Crippen molar-refractivity contribution in [3.8, 4) is 0 Å². The monoisotopic (exact) mass is 309 g/mol. The van der Waals surface area contributed by atoms with Crippen LogP contribution in [0.5, 0.6) is 0 Å². The number of thiazole rings is 1. The maximum Gasteiger partial charge on any atom is 0.337 e. The van der Waals surface area contributed by atoms with Crippen molar-refractivity contribution in [1.82, 2.24) is 4.98 Å². The molecule has 6 nitrogen and oxygen atoms in total. The number of amides is 2. The van der Waals surface area contributed by atoms with Gasteiger partial charge in [0.15, 0.2) is 5.13 Å². The van der Waals surface area contributed by atoms with Crippen LogP contribution in [0.4, 0.5) is 20.0 Å². The minimum absolute atomic E-state index is 0.323. The third-order valence-electron chi connectivity index (χ3n) is 2.73. The third kappa shape index (κ3) is 3.34. The first-order valence-corrected chi connectivity index (χ1v) is 6.74. The summed E-state index contributed by atoms with van der Waals surface area (Å²) in [7, 11) is 0. The number of carboxylic acid groups (broad SMARTS) is 1. The maximum atomic E-state index is 13.7. The topological polar surface area (TPSA) is 91.3 Å². The second-order valence-electron chi connectivity index (χ2n) is 4.21. The molecule has 1 heterocycles. The summed E-state index contributed by atoms with van der Waals surface area (Å²) in [6.07, 6.45) is 0. The van der Waals surface area contributed by atoms with E-state index < -0.39 is 17.8 Å². The standard InChI is InChI=1S/C13H12FN3O3S/c1-6-7(2)21-13(15-6)17-12(20)16-10-8(11(18)19)4-3-5-9(10)14/h3-5H,1-2H3,(H,18,19)(H2,15,16,17,20). The van der Waals surface area contributed by atoms with Gasteiger partial charge in [-0.25, -0.2) is 19.0 Å². The number of carbonyl (C=O) groups is 2. The second-order valence-corrected chi connectivity index (χ2v) is 5.41. The molecule has 1 aromatic carbocycles. The molecule has 0 aliphatic carbocycles. The SMILES string of the molecule is Cc1nc(NC(=O)Nc2c(F)cccc2C(=O)O)sc1C. The number of hydrogen-bond acceptors (Lipinski definition) is 4. The molecule has 0 unspecified atom stereocenters. The Kier molecular flexibility index (Phi) is 4.18. The Bertz CT molecular complexity index is 695. The average molecular weight is 309 g/mol. The average Bonchev–Trinajstić information content (AvgIpc) is 2.70. The molecule has 0 spiro atoms. The normalized spacial score (nSPS) is 10.2. The Hall–Kier alpha value is -2.48. The van der Waals surface area contributed by atoms with Gasteiger partial charge in [-0.3, -0.25) is 5.32 Å². The van der Waals surface area contributed by atoms with Crippen LogP contribution in [0.1, 0.15) is 20.9 Å². The minimum atomic E-state index is -1.33. The molecule has 0 bridgehead atoms. The predicted octanol–water partition coefficient (Wildman–Crippen LogP) is 3.24. The number of hydrogen-bond donors (Lipinski definition) is 3. The van der Waals surface area contributed by atoms with Gasteiger partial charge in [0.1, 0.15) is 5.82 Å².